The van der Waals surface area contributed by atoms with E-state index in [-0.39, 0.29) is 42.5 Å². The number of benzene rings is 1. The molecule has 2 amide bonds. The lowest BCUT2D eigenvalue weighted by molar-refractivity contribution is -0.143. The molecule has 2 N–H and O–H groups in total. The number of β-amino-alcohol motifs (C(OH)–C–C–N with tert-alkyl or cyclic N) is 1. The Hall–Kier alpha value is -3.04. The van der Waals surface area contributed by atoms with Crippen LogP contribution in [0.25, 0.3) is 10.4 Å². The average molecular weight is 527 g/mol. The summed E-state index contributed by atoms with van der Waals surface area (Å²) < 4.78 is 0. The molecule has 0 unspecified atom stereocenters. The van der Waals surface area contributed by atoms with Crippen molar-refractivity contribution in [1.29, 1.82) is 0 Å². The van der Waals surface area contributed by atoms with Crippen molar-refractivity contribution in [2.45, 2.75) is 72.6 Å². The summed E-state index contributed by atoms with van der Waals surface area (Å²) in [7, 11) is 0. The van der Waals surface area contributed by atoms with E-state index in [1.165, 1.54) is 4.90 Å². The Morgan fingerprint density at radius 1 is 1.30 bits per heavy atom. The fourth-order valence-corrected chi connectivity index (χ4v) is 5.43. The van der Waals surface area contributed by atoms with Crippen molar-refractivity contribution >= 4 is 28.9 Å². The molecule has 200 valence electrons. The van der Waals surface area contributed by atoms with Gasteiger partial charge in [0.15, 0.2) is 0 Å². The molecule has 1 aromatic heterocycles. The number of nitrogens with zero attached hydrogens (tertiary/aromatic N) is 3. The molecule has 1 aromatic carbocycles. The molecule has 2 heterocycles. The van der Waals surface area contributed by atoms with Gasteiger partial charge < -0.3 is 20.2 Å². The molecule has 1 saturated heterocycles. The molecule has 4 atom stereocenters. The van der Waals surface area contributed by atoms with Gasteiger partial charge in [-0.25, -0.2) is 4.98 Å². The molecule has 9 heteroatoms. The van der Waals surface area contributed by atoms with E-state index in [4.69, 9.17) is 4.84 Å². The zero-order valence-corrected chi connectivity index (χ0v) is 23.3. The number of nitrogens with one attached hydrogen (secondary N) is 1. The molecule has 0 saturated carbocycles. The van der Waals surface area contributed by atoms with Crippen molar-refractivity contribution in [3.8, 4) is 10.4 Å². The van der Waals surface area contributed by atoms with Crippen LogP contribution in [-0.2, 0) is 14.4 Å². The van der Waals surface area contributed by atoms with Gasteiger partial charge in [0.1, 0.15) is 17.7 Å². The minimum absolute atomic E-state index is 0.0865. The molecule has 37 heavy (non-hydrogen) atoms. The van der Waals surface area contributed by atoms with Gasteiger partial charge in [-0.1, -0.05) is 56.8 Å². The van der Waals surface area contributed by atoms with Crippen molar-refractivity contribution < 1.29 is 19.5 Å². The number of carbonyl (C=O) groups is 2. The monoisotopic (exact) mass is 526 g/mol. The Labute approximate surface area is 223 Å². The van der Waals surface area contributed by atoms with E-state index >= 15 is 0 Å². The van der Waals surface area contributed by atoms with E-state index in [0.717, 1.165) is 21.7 Å². The number of aryl methyl sites for hydroxylation is 1. The number of aromatic nitrogens is 1. The summed E-state index contributed by atoms with van der Waals surface area (Å²) in [5.74, 6) is -1.16. The molecule has 0 spiro atoms. The molecule has 1 aliphatic rings. The van der Waals surface area contributed by atoms with Gasteiger partial charge in [0.05, 0.1) is 33.9 Å². The number of thiazole rings is 1. The zero-order chi connectivity index (χ0) is 27.3. The molecular weight excluding hydrogens is 488 g/mol. The van der Waals surface area contributed by atoms with Crippen LogP contribution in [0.1, 0.15) is 64.8 Å². The Morgan fingerprint density at radius 3 is 2.51 bits per heavy atom. The number of carbonyl (C=O) groups excluding carboxylic acids is 2. The van der Waals surface area contributed by atoms with Gasteiger partial charge in [0, 0.05) is 13.0 Å². The van der Waals surface area contributed by atoms with Crippen molar-refractivity contribution in [3.05, 3.63) is 53.4 Å². The number of hydrogen-bond acceptors (Lipinski definition) is 7. The van der Waals surface area contributed by atoms with Gasteiger partial charge in [-0.2, -0.15) is 0 Å². The lowest BCUT2D eigenvalue weighted by atomic mass is 9.92. The first-order valence-corrected chi connectivity index (χ1v) is 13.6. The summed E-state index contributed by atoms with van der Waals surface area (Å²) >= 11 is 1.60. The highest BCUT2D eigenvalue weighted by atomic mass is 32.1. The van der Waals surface area contributed by atoms with Gasteiger partial charge in [-0.3, -0.25) is 9.59 Å². The highest BCUT2D eigenvalue weighted by Gasteiger charge is 2.43. The molecule has 0 bridgehead atoms. The standard InChI is InChI=1S/C28H38N4O4S/c1-8-23(20-9-11-21(12-10-20)26-18(6)29-15-37-26)30-27(34)24-13-22(33)14-32(24)28(35)25(16(2)3)19(7)36-31-17(4)5/h9-12,15-16,22-25,33H,7-8,13-14H2,1-6H3,(H,30,34)/t22-,23+,24+,25-/m1/s1. The lowest BCUT2D eigenvalue weighted by Crippen LogP contribution is -2.49. The molecule has 0 aliphatic carbocycles. The first-order valence-electron chi connectivity index (χ1n) is 12.7. The number of likely N-dealkylation sites (tertiary alicyclic amines) is 1. The number of rotatable bonds is 10. The van der Waals surface area contributed by atoms with E-state index < -0.39 is 18.1 Å². The Bertz CT molecular complexity index is 1140. The Kier molecular flexibility index (Phi) is 9.62. The van der Waals surface area contributed by atoms with Crippen LogP contribution in [0.5, 0.6) is 0 Å². The van der Waals surface area contributed by atoms with Crippen molar-refractivity contribution in [2.24, 2.45) is 17.0 Å². The lowest BCUT2D eigenvalue weighted by Gasteiger charge is -2.30. The van der Waals surface area contributed by atoms with Gasteiger partial charge in [-0.05, 0) is 44.2 Å². The summed E-state index contributed by atoms with van der Waals surface area (Å²) in [6, 6.07) is 7.11. The summed E-state index contributed by atoms with van der Waals surface area (Å²) in [4.78, 5) is 39.3. The fraction of sp³-hybridized carbons (Fsp3) is 0.500. The highest BCUT2D eigenvalue weighted by Crippen LogP contribution is 2.31. The highest BCUT2D eigenvalue weighted by molar-refractivity contribution is 7.13. The number of aliphatic hydroxyl groups excluding tert-OH is 1. The second kappa shape index (κ2) is 12.5. The van der Waals surface area contributed by atoms with Gasteiger partial charge in [0.2, 0.25) is 11.8 Å². The molecular formula is C28H38N4O4S. The average Bonchev–Trinajstić information content (AvgIpc) is 3.46. The molecule has 8 nitrogen and oxygen atoms in total. The summed E-state index contributed by atoms with van der Waals surface area (Å²) in [6.07, 6.45) is 0.0864. The second-order valence-corrected chi connectivity index (χ2v) is 10.9. The summed E-state index contributed by atoms with van der Waals surface area (Å²) in [5, 5.41) is 17.4. The summed E-state index contributed by atoms with van der Waals surface area (Å²) in [5.41, 5.74) is 5.59. The van der Waals surface area contributed by atoms with Crippen molar-refractivity contribution in [2.75, 3.05) is 6.54 Å². The number of hydrogen-bond donors (Lipinski definition) is 2. The fourth-order valence-electron chi connectivity index (χ4n) is 4.62. The maximum Gasteiger partial charge on any atom is 0.243 e. The molecule has 2 aromatic rings. The first-order chi connectivity index (χ1) is 17.5. The third-order valence-electron chi connectivity index (χ3n) is 6.54. The van der Waals surface area contributed by atoms with Crippen LogP contribution in [0.2, 0.25) is 0 Å². The third-order valence-corrected chi connectivity index (χ3v) is 7.51. The van der Waals surface area contributed by atoms with Crippen LogP contribution in [0.3, 0.4) is 0 Å². The van der Waals surface area contributed by atoms with E-state index in [1.807, 2.05) is 57.5 Å². The van der Waals surface area contributed by atoms with E-state index in [9.17, 15) is 14.7 Å². The number of aliphatic hydroxyl groups is 1. The zero-order valence-electron chi connectivity index (χ0n) is 22.5. The maximum absolute atomic E-state index is 13.6. The number of oxime groups is 1. The van der Waals surface area contributed by atoms with Crippen LogP contribution in [0, 0.1) is 18.8 Å². The van der Waals surface area contributed by atoms with Gasteiger partial charge >= 0.3 is 0 Å². The van der Waals surface area contributed by atoms with Crippen LogP contribution >= 0.6 is 11.3 Å². The van der Waals surface area contributed by atoms with Crippen LogP contribution in [-0.4, -0.2) is 51.2 Å². The molecule has 0 radical (unpaired) electrons. The van der Waals surface area contributed by atoms with Gasteiger partial charge in [0.25, 0.3) is 0 Å². The van der Waals surface area contributed by atoms with Crippen LogP contribution < -0.4 is 5.32 Å². The minimum atomic E-state index is -0.778. The second-order valence-electron chi connectivity index (χ2n) is 10.1. The largest absolute Gasteiger partial charge is 0.391 e. The van der Waals surface area contributed by atoms with E-state index in [0.29, 0.717) is 12.1 Å². The predicted molar refractivity (Wildman–Crippen MR) is 147 cm³/mol. The maximum atomic E-state index is 13.6. The Morgan fingerprint density at radius 2 is 1.97 bits per heavy atom. The Balaban J connectivity index is 1.75. The minimum Gasteiger partial charge on any atom is -0.391 e. The summed E-state index contributed by atoms with van der Waals surface area (Å²) in [6.45, 7) is 15.4. The topological polar surface area (TPSA) is 104 Å². The third kappa shape index (κ3) is 6.84. The van der Waals surface area contributed by atoms with Crippen LogP contribution in [0.4, 0.5) is 0 Å². The van der Waals surface area contributed by atoms with Crippen LogP contribution in [0.15, 0.2) is 47.3 Å². The molecule has 1 aliphatic heterocycles. The van der Waals surface area contributed by atoms with Gasteiger partial charge in [-0.15, -0.1) is 11.3 Å². The number of amides is 2. The van der Waals surface area contributed by atoms with E-state index in [1.54, 1.807) is 25.2 Å². The van der Waals surface area contributed by atoms with Crippen molar-refractivity contribution in [1.82, 2.24) is 15.2 Å². The van der Waals surface area contributed by atoms with E-state index in [2.05, 4.69) is 22.0 Å². The first kappa shape index (κ1) is 28.5. The predicted octanol–water partition coefficient (Wildman–Crippen LogP) is 4.85. The SMILES string of the molecule is C=C(ON=C(C)C)[C@H](C(=O)N1C[C@H](O)C[C@H]1C(=O)N[C@@H](CC)c1ccc(-c2scnc2C)cc1)C(C)C. The normalized spacial score (nSPS) is 18.9. The smallest absolute Gasteiger partial charge is 0.243 e. The molecule has 3 rings (SSSR count). The van der Waals surface area contributed by atoms with Crippen molar-refractivity contribution in [3.63, 3.8) is 0 Å². The molecule has 1 fully saturated rings. The quantitative estimate of drug-likeness (QED) is 0.262.